The van der Waals surface area contributed by atoms with Crippen molar-refractivity contribution in [2.75, 3.05) is 20.8 Å². The Kier molecular flexibility index (Phi) is 7.27. The van der Waals surface area contributed by atoms with Crippen LogP contribution >= 0.6 is 31.9 Å². The Hall–Kier alpha value is -2.06. The number of benzene rings is 2. The van der Waals surface area contributed by atoms with Crippen molar-refractivity contribution in [2.45, 2.75) is 0 Å². The van der Waals surface area contributed by atoms with Gasteiger partial charge in [0.15, 0.2) is 6.61 Å². The fourth-order valence-corrected chi connectivity index (χ4v) is 3.24. The van der Waals surface area contributed by atoms with E-state index in [-0.39, 0.29) is 12.5 Å². The van der Waals surface area contributed by atoms with Crippen molar-refractivity contribution >= 4 is 44.0 Å². The molecule has 0 unspecified atom stereocenters. The van der Waals surface area contributed by atoms with Crippen molar-refractivity contribution in [3.05, 3.63) is 50.9 Å². The second-order valence-electron chi connectivity index (χ2n) is 4.78. The molecule has 1 amide bonds. The second-order valence-corrected chi connectivity index (χ2v) is 6.49. The summed E-state index contributed by atoms with van der Waals surface area (Å²) in [6, 6.07) is 10.8. The predicted molar refractivity (Wildman–Crippen MR) is 103 cm³/mol. The van der Waals surface area contributed by atoms with Crippen molar-refractivity contribution < 1.29 is 19.0 Å². The van der Waals surface area contributed by atoms with Gasteiger partial charge in [0, 0.05) is 0 Å². The summed E-state index contributed by atoms with van der Waals surface area (Å²) in [5.41, 5.74) is 3.22. The lowest BCUT2D eigenvalue weighted by Gasteiger charge is -2.11. The van der Waals surface area contributed by atoms with E-state index in [1.807, 2.05) is 18.2 Å². The fraction of sp³-hybridized carbons (Fsp3) is 0.176. The fourth-order valence-electron chi connectivity index (χ4n) is 1.86. The van der Waals surface area contributed by atoms with Gasteiger partial charge < -0.3 is 14.2 Å². The molecule has 0 aromatic heterocycles. The Morgan fingerprint density at radius 2 is 1.80 bits per heavy atom. The first-order valence-corrected chi connectivity index (χ1v) is 8.74. The van der Waals surface area contributed by atoms with Crippen LogP contribution in [-0.2, 0) is 4.79 Å². The van der Waals surface area contributed by atoms with Crippen molar-refractivity contribution in [2.24, 2.45) is 5.10 Å². The molecule has 0 bridgehead atoms. The molecule has 0 radical (unpaired) electrons. The number of amides is 1. The van der Waals surface area contributed by atoms with E-state index in [9.17, 15) is 4.79 Å². The highest BCUT2D eigenvalue weighted by Crippen LogP contribution is 2.37. The number of halogens is 2. The summed E-state index contributed by atoms with van der Waals surface area (Å²) in [5.74, 6) is 1.51. The van der Waals surface area contributed by atoms with E-state index in [1.165, 1.54) is 6.21 Å². The number of carbonyl (C=O) groups is 1. The van der Waals surface area contributed by atoms with Gasteiger partial charge in [0.2, 0.25) is 0 Å². The van der Waals surface area contributed by atoms with Crippen LogP contribution in [0, 0.1) is 0 Å². The molecule has 1 N–H and O–H groups in total. The SMILES string of the molecule is COc1cccc(C=NNC(=O)COc2c(Br)cc(OC)cc2Br)c1. The molecule has 6 nitrogen and oxygen atoms in total. The third kappa shape index (κ3) is 5.75. The van der Waals surface area contributed by atoms with E-state index < -0.39 is 0 Å². The lowest BCUT2D eigenvalue weighted by atomic mass is 10.2. The van der Waals surface area contributed by atoms with Crippen LogP contribution in [0.1, 0.15) is 5.56 Å². The molecule has 0 aliphatic rings. The first-order chi connectivity index (χ1) is 12.0. The van der Waals surface area contributed by atoms with Crippen LogP contribution in [-0.4, -0.2) is 32.9 Å². The van der Waals surface area contributed by atoms with Gasteiger partial charge in [0.05, 0.1) is 29.4 Å². The van der Waals surface area contributed by atoms with Crippen LogP contribution in [0.5, 0.6) is 17.2 Å². The molecule has 8 heteroatoms. The van der Waals surface area contributed by atoms with Crippen LogP contribution in [0.4, 0.5) is 0 Å². The summed E-state index contributed by atoms with van der Waals surface area (Å²) >= 11 is 6.76. The van der Waals surface area contributed by atoms with Gasteiger partial charge in [-0.05, 0) is 61.7 Å². The Morgan fingerprint density at radius 3 is 2.44 bits per heavy atom. The molecule has 0 fully saturated rings. The van der Waals surface area contributed by atoms with Crippen molar-refractivity contribution in [1.82, 2.24) is 5.43 Å². The van der Waals surface area contributed by atoms with Crippen LogP contribution in [0.25, 0.3) is 0 Å². The zero-order valence-electron chi connectivity index (χ0n) is 13.6. The first kappa shape index (κ1) is 19.3. The summed E-state index contributed by atoms with van der Waals surface area (Å²) in [7, 11) is 3.16. The molecule has 25 heavy (non-hydrogen) atoms. The lowest BCUT2D eigenvalue weighted by molar-refractivity contribution is -0.123. The minimum atomic E-state index is -0.381. The minimum Gasteiger partial charge on any atom is -0.497 e. The van der Waals surface area contributed by atoms with Crippen molar-refractivity contribution in [3.63, 3.8) is 0 Å². The minimum absolute atomic E-state index is 0.182. The summed E-state index contributed by atoms with van der Waals surface area (Å²) in [6.45, 7) is -0.182. The molecule has 132 valence electrons. The number of nitrogens with zero attached hydrogens (tertiary/aromatic N) is 1. The van der Waals surface area contributed by atoms with Gasteiger partial charge in [-0.3, -0.25) is 4.79 Å². The molecule has 0 heterocycles. The molecule has 0 aliphatic heterocycles. The van der Waals surface area contributed by atoms with E-state index in [0.29, 0.717) is 26.2 Å². The molecule has 2 aromatic carbocycles. The third-order valence-electron chi connectivity index (χ3n) is 3.05. The lowest BCUT2D eigenvalue weighted by Crippen LogP contribution is -2.24. The number of ether oxygens (including phenoxy) is 3. The molecular weight excluding hydrogens is 456 g/mol. The molecule has 2 aromatic rings. The summed E-state index contributed by atoms with van der Waals surface area (Å²) in [4.78, 5) is 11.8. The van der Waals surface area contributed by atoms with Gasteiger partial charge in [-0.25, -0.2) is 5.43 Å². The van der Waals surface area contributed by atoms with Gasteiger partial charge in [0.1, 0.15) is 17.2 Å². The molecule has 0 atom stereocenters. The van der Waals surface area contributed by atoms with Crippen LogP contribution in [0.15, 0.2) is 50.4 Å². The van der Waals surface area contributed by atoms with Crippen LogP contribution < -0.4 is 19.6 Å². The zero-order chi connectivity index (χ0) is 18.2. The van der Waals surface area contributed by atoms with Crippen molar-refractivity contribution in [3.8, 4) is 17.2 Å². The smallest absolute Gasteiger partial charge is 0.277 e. The average molecular weight is 472 g/mol. The van der Waals surface area contributed by atoms with Gasteiger partial charge in [-0.15, -0.1) is 0 Å². The molecule has 0 spiro atoms. The summed E-state index contributed by atoms with van der Waals surface area (Å²) in [6.07, 6.45) is 1.53. The largest absolute Gasteiger partial charge is 0.497 e. The number of hydrazone groups is 1. The molecule has 2 rings (SSSR count). The molecule has 0 saturated heterocycles. The Balaban J connectivity index is 1.89. The van der Waals surface area contributed by atoms with E-state index in [4.69, 9.17) is 14.2 Å². The quantitative estimate of drug-likeness (QED) is 0.493. The highest BCUT2D eigenvalue weighted by atomic mass is 79.9. The standard InChI is InChI=1S/C17H16Br2N2O4/c1-23-12-5-3-4-11(6-12)9-20-21-16(22)10-25-17-14(18)7-13(24-2)8-15(17)19/h3-9H,10H2,1-2H3,(H,21,22). The maximum absolute atomic E-state index is 11.8. The van der Waals surface area contributed by atoms with Crippen LogP contribution in [0.2, 0.25) is 0 Å². The number of rotatable bonds is 7. The highest BCUT2D eigenvalue weighted by Gasteiger charge is 2.11. The Labute approximate surface area is 162 Å². The van der Waals surface area contributed by atoms with E-state index in [1.54, 1.807) is 32.4 Å². The Morgan fingerprint density at radius 1 is 1.12 bits per heavy atom. The highest BCUT2D eigenvalue weighted by molar-refractivity contribution is 9.11. The van der Waals surface area contributed by atoms with Crippen molar-refractivity contribution in [1.29, 1.82) is 0 Å². The predicted octanol–water partition coefficient (Wildman–Crippen LogP) is 3.76. The van der Waals surface area contributed by atoms with Crippen LogP contribution in [0.3, 0.4) is 0 Å². The third-order valence-corrected chi connectivity index (χ3v) is 4.23. The summed E-state index contributed by atoms with van der Waals surface area (Å²) in [5, 5.41) is 3.90. The molecule has 0 saturated carbocycles. The molecular formula is C17H16Br2N2O4. The van der Waals surface area contributed by atoms with Gasteiger partial charge in [-0.1, -0.05) is 12.1 Å². The Bertz CT molecular complexity index is 758. The van der Waals surface area contributed by atoms with E-state index >= 15 is 0 Å². The zero-order valence-corrected chi connectivity index (χ0v) is 16.8. The maximum atomic E-state index is 11.8. The maximum Gasteiger partial charge on any atom is 0.277 e. The topological polar surface area (TPSA) is 69.2 Å². The molecule has 0 aliphatic carbocycles. The number of hydrogen-bond acceptors (Lipinski definition) is 5. The number of carbonyl (C=O) groups excluding carboxylic acids is 1. The van der Waals surface area contributed by atoms with E-state index in [2.05, 4.69) is 42.4 Å². The first-order valence-electron chi connectivity index (χ1n) is 7.15. The number of methoxy groups -OCH3 is 2. The van der Waals surface area contributed by atoms with Gasteiger partial charge >= 0.3 is 0 Å². The normalized spacial score (nSPS) is 10.6. The number of hydrogen-bond donors (Lipinski definition) is 1. The van der Waals surface area contributed by atoms with Gasteiger partial charge in [-0.2, -0.15) is 5.10 Å². The average Bonchev–Trinajstić information content (AvgIpc) is 2.61. The van der Waals surface area contributed by atoms with Gasteiger partial charge in [0.25, 0.3) is 5.91 Å². The monoisotopic (exact) mass is 470 g/mol. The van der Waals surface area contributed by atoms with E-state index in [0.717, 1.165) is 5.56 Å². The number of nitrogens with one attached hydrogen (secondary N) is 1. The summed E-state index contributed by atoms with van der Waals surface area (Å²) < 4.78 is 17.1. The second kappa shape index (κ2) is 9.43.